The summed E-state index contributed by atoms with van der Waals surface area (Å²) in [6, 6.07) is 10.7. The van der Waals surface area contributed by atoms with E-state index in [1.54, 1.807) is 31.2 Å². The number of nitrogens with one attached hydrogen (secondary N) is 2. The van der Waals surface area contributed by atoms with Crippen LogP contribution in [0.1, 0.15) is 49.2 Å². The van der Waals surface area contributed by atoms with Crippen LogP contribution in [0.5, 0.6) is 0 Å². The number of rotatable bonds is 5. The van der Waals surface area contributed by atoms with Crippen LogP contribution >= 0.6 is 0 Å². The molecule has 0 aliphatic carbocycles. The van der Waals surface area contributed by atoms with E-state index in [-0.39, 0.29) is 23.4 Å². The van der Waals surface area contributed by atoms with Crippen LogP contribution in [0.2, 0.25) is 0 Å². The first-order valence-electron chi connectivity index (χ1n) is 8.87. The SMILES string of the molecule is CC(=O)Nc1cc(Nc2cccc(C)c2C(=O)OF)cc(C(C)(C)C)c1.O=COF. The maximum Gasteiger partial charge on any atom is 0.381 e. The van der Waals surface area contributed by atoms with Crippen LogP contribution in [0.3, 0.4) is 0 Å². The van der Waals surface area contributed by atoms with E-state index in [0.717, 1.165) is 5.56 Å². The van der Waals surface area contributed by atoms with Gasteiger partial charge in [0, 0.05) is 27.4 Å². The molecule has 0 bridgehead atoms. The Morgan fingerprint density at radius 1 is 1.07 bits per heavy atom. The van der Waals surface area contributed by atoms with Crippen molar-refractivity contribution in [2.75, 3.05) is 10.6 Å². The number of anilines is 3. The average molecular weight is 422 g/mol. The lowest BCUT2D eigenvalue weighted by molar-refractivity contribution is -0.165. The molecule has 0 aromatic heterocycles. The van der Waals surface area contributed by atoms with Crippen molar-refractivity contribution in [2.45, 2.75) is 40.0 Å². The molecule has 2 N–H and O–H groups in total. The Bertz CT molecular complexity index is 911. The van der Waals surface area contributed by atoms with Gasteiger partial charge in [-0.15, -0.1) is 0 Å². The van der Waals surface area contributed by atoms with Crippen molar-refractivity contribution in [3.8, 4) is 0 Å². The van der Waals surface area contributed by atoms with E-state index in [1.807, 2.05) is 12.1 Å². The fraction of sp³-hybridized carbons (Fsp3) is 0.286. The van der Waals surface area contributed by atoms with Gasteiger partial charge < -0.3 is 10.6 Å². The predicted molar refractivity (Wildman–Crippen MR) is 109 cm³/mol. The highest BCUT2D eigenvalue weighted by Crippen LogP contribution is 2.31. The summed E-state index contributed by atoms with van der Waals surface area (Å²) < 4.78 is 22.3. The van der Waals surface area contributed by atoms with Gasteiger partial charge in [-0.3, -0.25) is 14.5 Å². The molecule has 0 spiro atoms. The lowest BCUT2D eigenvalue weighted by atomic mass is 9.86. The topological polar surface area (TPSA) is 93.7 Å². The molecule has 2 aromatic carbocycles. The normalized spacial score (nSPS) is 10.2. The third-order valence-corrected chi connectivity index (χ3v) is 3.98. The number of carbonyl (C=O) groups is 3. The van der Waals surface area contributed by atoms with Gasteiger partial charge in [0.2, 0.25) is 5.91 Å². The van der Waals surface area contributed by atoms with Gasteiger partial charge in [-0.25, -0.2) is 9.74 Å². The summed E-state index contributed by atoms with van der Waals surface area (Å²) in [5.74, 6) is -1.24. The van der Waals surface area contributed by atoms with Crippen LogP contribution in [0.15, 0.2) is 36.4 Å². The molecule has 9 heteroatoms. The molecule has 7 nitrogen and oxygen atoms in total. The van der Waals surface area contributed by atoms with Gasteiger partial charge in [0.05, 0.1) is 11.3 Å². The summed E-state index contributed by atoms with van der Waals surface area (Å²) in [6.45, 7) is 9.02. The van der Waals surface area contributed by atoms with Crippen LogP contribution < -0.4 is 10.6 Å². The molecule has 2 aromatic rings. The Morgan fingerprint density at radius 3 is 2.17 bits per heavy atom. The van der Waals surface area contributed by atoms with Crippen molar-refractivity contribution in [1.82, 2.24) is 0 Å². The largest absolute Gasteiger partial charge is 0.381 e. The molecule has 0 heterocycles. The Kier molecular flexibility index (Phi) is 8.91. The summed E-state index contributed by atoms with van der Waals surface area (Å²) in [7, 11) is 0. The van der Waals surface area contributed by atoms with Crippen molar-refractivity contribution >= 4 is 35.4 Å². The number of hydrogen-bond acceptors (Lipinski definition) is 6. The van der Waals surface area contributed by atoms with Gasteiger partial charge >= 0.3 is 12.4 Å². The van der Waals surface area contributed by atoms with E-state index >= 15 is 0 Å². The molecule has 30 heavy (non-hydrogen) atoms. The fourth-order valence-corrected chi connectivity index (χ4v) is 2.65. The van der Waals surface area contributed by atoms with Crippen LogP contribution in [-0.4, -0.2) is 18.3 Å². The maximum absolute atomic E-state index is 12.5. The third-order valence-electron chi connectivity index (χ3n) is 3.98. The zero-order valence-corrected chi connectivity index (χ0v) is 17.3. The monoisotopic (exact) mass is 422 g/mol. The quantitative estimate of drug-likeness (QED) is 0.653. The highest BCUT2D eigenvalue weighted by atomic mass is 19.3. The minimum Gasteiger partial charge on any atom is -0.355 e. The molecule has 2 rings (SSSR count). The first-order valence-corrected chi connectivity index (χ1v) is 8.87. The number of amides is 1. The van der Waals surface area contributed by atoms with Gasteiger partial charge in [0.1, 0.15) is 0 Å². The lowest BCUT2D eigenvalue weighted by Gasteiger charge is -2.22. The summed E-state index contributed by atoms with van der Waals surface area (Å²) in [4.78, 5) is 37.6. The van der Waals surface area contributed by atoms with Crippen LogP contribution in [0.25, 0.3) is 0 Å². The van der Waals surface area contributed by atoms with Gasteiger partial charge in [-0.05, 0) is 47.7 Å². The summed E-state index contributed by atoms with van der Waals surface area (Å²) in [5, 5.41) is 5.91. The summed E-state index contributed by atoms with van der Waals surface area (Å²) in [6.07, 6.45) is 0. The Hall–Kier alpha value is -3.49. The Balaban J connectivity index is 0.00000103. The second kappa shape index (κ2) is 10.9. The highest BCUT2D eigenvalue weighted by Gasteiger charge is 2.19. The highest BCUT2D eigenvalue weighted by molar-refractivity contribution is 5.98. The maximum atomic E-state index is 12.5. The van der Waals surface area contributed by atoms with Crippen LogP contribution in [0, 0.1) is 6.92 Å². The minimum atomic E-state index is -1.06. The second-order valence-electron chi connectivity index (χ2n) is 7.40. The molecule has 162 valence electrons. The van der Waals surface area contributed by atoms with Crippen molar-refractivity contribution in [3.05, 3.63) is 53.1 Å². The molecule has 0 unspecified atom stereocenters. The molecule has 0 aliphatic heterocycles. The zero-order chi connectivity index (χ0) is 22.9. The van der Waals surface area contributed by atoms with Crippen LogP contribution in [0.4, 0.5) is 26.1 Å². The summed E-state index contributed by atoms with van der Waals surface area (Å²) >= 11 is 0. The molecule has 0 saturated heterocycles. The first kappa shape index (κ1) is 24.5. The van der Waals surface area contributed by atoms with Gasteiger partial charge in [0.15, 0.2) is 0 Å². The molecule has 0 radical (unpaired) electrons. The van der Waals surface area contributed by atoms with E-state index in [1.165, 1.54) is 6.92 Å². The van der Waals surface area contributed by atoms with E-state index in [0.29, 0.717) is 22.6 Å². The van der Waals surface area contributed by atoms with E-state index in [2.05, 4.69) is 41.3 Å². The number of halogens is 2. The van der Waals surface area contributed by atoms with E-state index in [4.69, 9.17) is 4.79 Å². The van der Waals surface area contributed by atoms with Crippen molar-refractivity contribution in [3.63, 3.8) is 0 Å². The van der Waals surface area contributed by atoms with Crippen molar-refractivity contribution in [2.24, 2.45) is 0 Å². The summed E-state index contributed by atoms with van der Waals surface area (Å²) in [5.41, 5.74) is 3.28. The number of benzene rings is 2. The van der Waals surface area contributed by atoms with Gasteiger partial charge in [0.25, 0.3) is 0 Å². The molecule has 0 saturated carbocycles. The second-order valence-corrected chi connectivity index (χ2v) is 7.40. The Labute approximate surface area is 173 Å². The average Bonchev–Trinajstić information content (AvgIpc) is 2.66. The molecule has 0 fully saturated rings. The van der Waals surface area contributed by atoms with Crippen molar-refractivity contribution < 1.29 is 33.3 Å². The number of carbonyl (C=O) groups excluding carboxylic acids is 3. The van der Waals surface area contributed by atoms with Crippen molar-refractivity contribution in [1.29, 1.82) is 0 Å². The fourth-order valence-electron chi connectivity index (χ4n) is 2.65. The number of hydrogen-bond donors (Lipinski definition) is 2. The molecule has 0 atom stereocenters. The molecule has 1 amide bonds. The van der Waals surface area contributed by atoms with E-state index in [9.17, 15) is 18.6 Å². The predicted octanol–water partition coefficient (Wildman–Crippen LogP) is 5.08. The van der Waals surface area contributed by atoms with Gasteiger partial charge in [-0.1, -0.05) is 32.9 Å². The Morgan fingerprint density at radius 2 is 1.67 bits per heavy atom. The molecular weight excluding hydrogens is 398 g/mol. The third kappa shape index (κ3) is 7.16. The number of aryl methyl sites for hydroxylation is 1. The lowest BCUT2D eigenvalue weighted by Crippen LogP contribution is -2.14. The minimum absolute atomic E-state index is 0.122. The molecule has 0 aliphatic rings. The first-order chi connectivity index (χ1) is 14.0. The van der Waals surface area contributed by atoms with E-state index < -0.39 is 5.97 Å². The van der Waals surface area contributed by atoms with Crippen LogP contribution in [-0.2, 0) is 24.9 Å². The smallest absolute Gasteiger partial charge is 0.355 e. The zero-order valence-electron chi connectivity index (χ0n) is 17.3. The van der Waals surface area contributed by atoms with Gasteiger partial charge in [-0.2, -0.15) is 0 Å². The molecular formula is C21H24F2N2O5. The standard InChI is InChI=1S/C20H23FN2O3.CHFO2/c1-12-7-6-8-17(18(12)19(25)26-21)23-16-10-14(20(3,4)5)9-15(11-16)22-13(2)24;2-4-1-3/h6-11,23H,1-5H3,(H,22,24);1H.